The molecule has 0 aliphatic heterocycles. The molecule has 0 radical (unpaired) electrons. The van der Waals surface area contributed by atoms with Crippen LogP contribution in [0.1, 0.15) is 0 Å². The zero-order chi connectivity index (χ0) is 13.4. The van der Waals surface area contributed by atoms with Crippen molar-refractivity contribution in [2.24, 2.45) is 7.05 Å². The summed E-state index contributed by atoms with van der Waals surface area (Å²) in [6.07, 6.45) is 5.39. The molecular weight excluding hydrogens is 268 g/mol. The standard InChI is InChI=1S/C4H6N2.2H2O4S/c1-6-3-2-5-4-6;2*1-5(2,3)4/h2-4H,1H3;2*(H2,1,2,3,4). The Labute approximate surface area is 91.7 Å². The van der Waals surface area contributed by atoms with Gasteiger partial charge in [0, 0.05) is 19.4 Å². The third-order valence-electron chi connectivity index (χ3n) is 0.637. The highest BCUT2D eigenvalue weighted by Crippen LogP contribution is 1.73. The van der Waals surface area contributed by atoms with E-state index in [1.54, 1.807) is 12.5 Å². The predicted octanol–water partition coefficient (Wildman–Crippen LogP) is -0.885. The van der Waals surface area contributed by atoms with Gasteiger partial charge in [-0.25, -0.2) is 4.98 Å². The quantitative estimate of drug-likeness (QED) is 0.440. The van der Waals surface area contributed by atoms with Crippen molar-refractivity contribution in [3.8, 4) is 0 Å². The summed E-state index contributed by atoms with van der Waals surface area (Å²) < 4.78 is 65.1. The van der Waals surface area contributed by atoms with Crippen LogP contribution in [0.5, 0.6) is 0 Å². The maximum absolute atomic E-state index is 8.74. The minimum absolute atomic E-state index is 1.75. The molecule has 0 bridgehead atoms. The fourth-order valence-corrected chi connectivity index (χ4v) is 0.326. The zero-order valence-electron chi connectivity index (χ0n) is 7.86. The van der Waals surface area contributed by atoms with Crippen molar-refractivity contribution in [2.45, 2.75) is 0 Å². The van der Waals surface area contributed by atoms with E-state index in [0.29, 0.717) is 0 Å². The van der Waals surface area contributed by atoms with Crippen molar-refractivity contribution in [1.82, 2.24) is 9.55 Å². The van der Waals surface area contributed by atoms with Crippen LogP contribution in [0, 0.1) is 0 Å². The molecule has 0 amide bonds. The van der Waals surface area contributed by atoms with E-state index in [2.05, 4.69) is 4.98 Å². The Hall–Kier alpha value is -1.05. The van der Waals surface area contributed by atoms with Gasteiger partial charge in [0.05, 0.1) is 6.33 Å². The molecule has 0 aromatic carbocycles. The molecule has 0 unspecified atom stereocenters. The summed E-state index contributed by atoms with van der Waals surface area (Å²) in [7, 11) is -7.40. The van der Waals surface area contributed by atoms with Crippen LogP contribution >= 0.6 is 0 Å². The highest BCUT2D eigenvalue weighted by molar-refractivity contribution is 7.80. The Morgan fingerprint density at radius 2 is 1.31 bits per heavy atom. The summed E-state index contributed by atoms with van der Waals surface area (Å²) in [5.41, 5.74) is 0. The fourth-order valence-electron chi connectivity index (χ4n) is 0.326. The third-order valence-corrected chi connectivity index (χ3v) is 0.637. The lowest BCUT2D eigenvalue weighted by Gasteiger charge is -1.76. The number of aryl methyl sites for hydroxylation is 1. The maximum Gasteiger partial charge on any atom is 0.394 e. The number of hydrogen-bond donors (Lipinski definition) is 4. The van der Waals surface area contributed by atoms with Gasteiger partial charge in [-0.15, -0.1) is 0 Å². The normalized spacial score (nSPS) is 10.6. The third kappa shape index (κ3) is 52.2. The van der Waals surface area contributed by atoms with Gasteiger partial charge in [-0.1, -0.05) is 0 Å². The molecule has 0 aliphatic rings. The molecule has 96 valence electrons. The lowest BCUT2D eigenvalue weighted by Crippen LogP contribution is -1.89. The van der Waals surface area contributed by atoms with Crippen molar-refractivity contribution in [1.29, 1.82) is 0 Å². The minimum Gasteiger partial charge on any atom is -0.341 e. The van der Waals surface area contributed by atoms with E-state index in [0.717, 1.165) is 0 Å². The highest BCUT2D eigenvalue weighted by Gasteiger charge is 1.85. The number of aromatic nitrogens is 2. The number of imidazole rings is 1. The number of nitrogens with zero attached hydrogens (tertiary/aromatic N) is 2. The molecule has 1 rings (SSSR count). The fraction of sp³-hybridized carbons (Fsp3) is 0.250. The van der Waals surface area contributed by atoms with Crippen LogP contribution in [-0.2, 0) is 27.8 Å². The zero-order valence-corrected chi connectivity index (χ0v) is 9.50. The number of hydrogen-bond acceptors (Lipinski definition) is 5. The second-order valence-corrected chi connectivity index (χ2v) is 3.92. The van der Waals surface area contributed by atoms with Gasteiger partial charge in [-0.2, -0.15) is 16.8 Å². The highest BCUT2D eigenvalue weighted by atomic mass is 32.3. The molecule has 0 atom stereocenters. The van der Waals surface area contributed by atoms with Crippen molar-refractivity contribution in [2.75, 3.05) is 0 Å². The van der Waals surface area contributed by atoms with Crippen LogP contribution in [-0.4, -0.2) is 44.6 Å². The van der Waals surface area contributed by atoms with E-state index in [4.69, 9.17) is 35.0 Å². The molecule has 1 heterocycles. The summed E-state index contributed by atoms with van der Waals surface area (Å²) in [5, 5.41) is 0. The Morgan fingerprint density at radius 1 is 1.00 bits per heavy atom. The first-order valence-corrected chi connectivity index (χ1v) is 6.00. The molecule has 4 N–H and O–H groups in total. The Balaban J connectivity index is 0. The molecule has 0 saturated heterocycles. The van der Waals surface area contributed by atoms with Gasteiger partial charge in [0.1, 0.15) is 0 Å². The van der Waals surface area contributed by atoms with Crippen molar-refractivity contribution >= 4 is 20.8 Å². The predicted molar refractivity (Wildman–Crippen MR) is 51.6 cm³/mol. The Bertz CT molecular complexity index is 414. The molecule has 0 fully saturated rings. The van der Waals surface area contributed by atoms with Crippen LogP contribution in [0.4, 0.5) is 0 Å². The molecule has 16 heavy (non-hydrogen) atoms. The Morgan fingerprint density at radius 3 is 1.38 bits per heavy atom. The topological polar surface area (TPSA) is 167 Å². The second kappa shape index (κ2) is 7.26. The average molecular weight is 278 g/mol. The van der Waals surface area contributed by atoms with E-state index in [1.807, 2.05) is 17.8 Å². The summed E-state index contributed by atoms with van der Waals surface area (Å²) in [6, 6.07) is 0. The van der Waals surface area contributed by atoms with Gasteiger partial charge in [0.25, 0.3) is 0 Å². The molecule has 1 aromatic heterocycles. The van der Waals surface area contributed by atoms with Crippen LogP contribution in [0.3, 0.4) is 0 Å². The van der Waals surface area contributed by atoms with Crippen LogP contribution in [0.15, 0.2) is 18.7 Å². The lowest BCUT2D eigenvalue weighted by molar-refractivity contribution is 0.378. The SMILES string of the molecule is Cn1ccnc1.O=S(=O)(O)O.O=S(=O)(O)O. The maximum atomic E-state index is 8.74. The summed E-state index contributed by atoms with van der Waals surface area (Å²) in [5.74, 6) is 0. The van der Waals surface area contributed by atoms with Gasteiger partial charge < -0.3 is 4.57 Å². The van der Waals surface area contributed by atoms with Crippen molar-refractivity contribution < 1.29 is 35.0 Å². The summed E-state index contributed by atoms with van der Waals surface area (Å²) in [6.45, 7) is 0. The van der Waals surface area contributed by atoms with Gasteiger partial charge in [-0.05, 0) is 0 Å². The molecule has 0 aliphatic carbocycles. The molecule has 1 aromatic rings. The van der Waals surface area contributed by atoms with Gasteiger partial charge in [-0.3, -0.25) is 18.2 Å². The minimum atomic E-state index is -4.67. The molecule has 10 nitrogen and oxygen atoms in total. The smallest absolute Gasteiger partial charge is 0.341 e. The van der Waals surface area contributed by atoms with Gasteiger partial charge in [0.2, 0.25) is 0 Å². The van der Waals surface area contributed by atoms with Gasteiger partial charge in [0.15, 0.2) is 0 Å². The van der Waals surface area contributed by atoms with Gasteiger partial charge >= 0.3 is 20.8 Å². The first-order valence-electron chi connectivity index (χ1n) is 3.21. The van der Waals surface area contributed by atoms with E-state index in [9.17, 15) is 0 Å². The molecular formula is C4H10N2O8S2. The monoisotopic (exact) mass is 278 g/mol. The molecule has 0 saturated carbocycles. The van der Waals surface area contributed by atoms with E-state index in [1.165, 1.54) is 0 Å². The van der Waals surface area contributed by atoms with Crippen LogP contribution in [0.2, 0.25) is 0 Å². The second-order valence-electron chi connectivity index (χ2n) is 2.12. The lowest BCUT2D eigenvalue weighted by atomic mass is 10.9. The van der Waals surface area contributed by atoms with E-state index in [-0.39, 0.29) is 0 Å². The van der Waals surface area contributed by atoms with Crippen molar-refractivity contribution in [3.63, 3.8) is 0 Å². The molecule has 0 spiro atoms. The summed E-state index contributed by atoms with van der Waals surface area (Å²) >= 11 is 0. The Kier molecular flexibility index (Phi) is 7.87. The van der Waals surface area contributed by atoms with Crippen molar-refractivity contribution in [3.05, 3.63) is 18.7 Å². The number of rotatable bonds is 0. The van der Waals surface area contributed by atoms with Crippen LogP contribution < -0.4 is 0 Å². The molecule has 12 heteroatoms. The average Bonchev–Trinajstić information content (AvgIpc) is 2.30. The first kappa shape index (κ1) is 17.3. The summed E-state index contributed by atoms with van der Waals surface area (Å²) in [4.78, 5) is 3.78. The first-order chi connectivity index (χ1) is 6.89. The van der Waals surface area contributed by atoms with E-state index >= 15 is 0 Å². The van der Waals surface area contributed by atoms with Crippen LogP contribution in [0.25, 0.3) is 0 Å². The largest absolute Gasteiger partial charge is 0.394 e. The van der Waals surface area contributed by atoms with E-state index < -0.39 is 20.8 Å².